The fourth-order valence-electron chi connectivity index (χ4n) is 2.50. The number of rotatable bonds is 4. The number of benzene rings is 2. The first-order valence-corrected chi connectivity index (χ1v) is 7.45. The highest BCUT2D eigenvalue weighted by Gasteiger charge is 2.27. The van der Waals surface area contributed by atoms with Gasteiger partial charge in [0, 0.05) is 6.04 Å². The van der Waals surface area contributed by atoms with Gasteiger partial charge >= 0.3 is 0 Å². The molecule has 1 aliphatic rings. The molecule has 0 saturated heterocycles. The molecule has 1 aliphatic heterocycles. The molecule has 0 spiro atoms. The van der Waals surface area contributed by atoms with Crippen molar-refractivity contribution >= 4 is 5.91 Å². The van der Waals surface area contributed by atoms with Gasteiger partial charge in [0.25, 0.3) is 5.91 Å². The molecule has 1 heterocycles. The molecule has 2 atom stereocenters. The first-order chi connectivity index (χ1) is 10.7. The quantitative estimate of drug-likeness (QED) is 0.943. The Morgan fingerprint density at radius 2 is 1.82 bits per heavy atom. The maximum absolute atomic E-state index is 12.3. The predicted molar refractivity (Wildman–Crippen MR) is 84.1 cm³/mol. The molecule has 114 valence electrons. The Balaban J connectivity index is 1.56. The van der Waals surface area contributed by atoms with Crippen molar-refractivity contribution in [2.45, 2.75) is 25.5 Å². The van der Waals surface area contributed by atoms with Gasteiger partial charge in [-0.25, -0.2) is 0 Å². The van der Waals surface area contributed by atoms with Crippen molar-refractivity contribution in [3.63, 3.8) is 0 Å². The Kier molecular flexibility index (Phi) is 4.28. The van der Waals surface area contributed by atoms with E-state index < -0.39 is 6.10 Å². The second kappa shape index (κ2) is 6.52. The van der Waals surface area contributed by atoms with Crippen LogP contribution >= 0.6 is 0 Å². The van der Waals surface area contributed by atoms with Crippen LogP contribution in [0.4, 0.5) is 0 Å². The summed E-state index contributed by atoms with van der Waals surface area (Å²) in [6.45, 7) is 2.23. The average Bonchev–Trinajstić information content (AvgIpc) is 2.55. The molecule has 2 unspecified atom stereocenters. The van der Waals surface area contributed by atoms with Gasteiger partial charge < -0.3 is 14.8 Å². The molecule has 2 aromatic carbocycles. The van der Waals surface area contributed by atoms with Gasteiger partial charge in [0.1, 0.15) is 6.61 Å². The van der Waals surface area contributed by atoms with Crippen molar-refractivity contribution < 1.29 is 14.3 Å². The molecule has 22 heavy (non-hydrogen) atoms. The van der Waals surface area contributed by atoms with Gasteiger partial charge in [-0.3, -0.25) is 4.79 Å². The lowest BCUT2D eigenvalue weighted by molar-refractivity contribution is -0.130. The van der Waals surface area contributed by atoms with E-state index in [1.807, 2.05) is 49.4 Å². The van der Waals surface area contributed by atoms with Gasteiger partial charge in [0.2, 0.25) is 6.10 Å². The summed E-state index contributed by atoms with van der Waals surface area (Å²) in [5.41, 5.74) is 1.20. The smallest absolute Gasteiger partial charge is 0.264 e. The van der Waals surface area contributed by atoms with E-state index in [0.717, 1.165) is 6.42 Å². The van der Waals surface area contributed by atoms with Crippen molar-refractivity contribution in [1.29, 1.82) is 0 Å². The van der Waals surface area contributed by atoms with Crippen molar-refractivity contribution in [2.75, 3.05) is 6.61 Å². The number of ether oxygens (including phenoxy) is 2. The maximum atomic E-state index is 12.3. The third-order valence-corrected chi connectivity index (χ3v) is 3.57. The molecule has 0 saturated carbocycles. The van der Waals surface area contributed by atoms with E-state index in [4.69, 9.17) is 9.47 Å². The summed E-state index contributed by atoms with van der Waals surface area (Å²) in [5, 5.41) is 2.98. The van der Waals surface area contributed by atoms with E-state index in [1.54, 1.807) is 0 Å². The van der Waals surface area contributed by atoms with E-state index in [-0.39, 0.29) is 18.6 Å². The SMILES string of the molecule is CC(Cc1ccccc1)NC(=O)C1COc2ccccc2O1. The lowest BCUT2D eigenvalue weighted by Crippen LogP contribution is -2.47. The van der Waals surface area contributed by atoms with Crippen molar-refractivity contribution in [3.05, 3.63) is 60.2 Å². The van der Waals surface area contributed by atoms with Crippen LogP contribution in [0.3, 0.4) is 0 Å². The standard InChI is InChI=1S/C18H19NO3/c1-13(11-14-7-3-2-4-8-14)19-18(20)17-12-21-15-9-5-6-10-16(15)22-17/h2-10,13,17H,11-12H2,1H3,(H,19,20). The lowest BCUT2D eigenvalue weighted by Gasteiger charge is -2.26. The zero-order valence-electron chi connectivity index (χ0n) is 12.5. The van der Waals surface area contributed by atoms with Gasteiger partial charge in [0.05, 0.1) is 0 Å². The normalized spacial score (nSPS) is 17.6. The molecule has 0 fully saturated rings. The number of nitrogens with one attached hydrogen (secondary N) is 1. The number of carbonyl (C=O) groups is 1. The van der Waals surface area contributed by atoms with E-state index >= 15 is 0 Å². The summed E-state index contributed by atoms with van der Waals surface area (Å²) in [6, 6.07) is 17.5. The third kappa shape index (κ3) is 3.39. The molecule has 0 aromatic heterocycles. The number of carbonyl (C=O) groups excluding carboxylic acids is 1. The highest BCUT2D eigenvalue weighted by atomic mass is 16.6. The maximum Gasteiger partial charge on any atom is 0.264 e. The number of hydrogen-bond acceptors (Lipinski definition) is 3. The molecular formula is C18H19NO3. The fourth-order valence-corrected chi connectivity index (χ4v) is 2.50. The summed E-state index contributed by atoms with van der Waals surface area (Å²) < 4.78 is 11.3. The van der Waals surface area contributed by atoms with E-state index in [2.05, 4.69) is 17.4 Å². The van der Waals surface area contributed by atoms with Crippen molar-refractivity contribution in [2.24, 2.45) is 0 Å². The monoisotopic (exact) mass is 297 g/mol. The Labute approximate surface area is 130 Å². The summed E-state index contributed by atoms with van der Waals surface area (Å²) in [4.78, 5) is 12.3. The van der Waals surface area contributed by atoms with Crippen LogP contribution in [0, 0.1) is 0 Å². The first kappa shape index (κ1) is 14.4. The van der Waals surface area contributed by atoms with Crippen molar-refractivity contribution in [3.8, 4) is 11.5 Å². The fraction of sp³-hybridized carbons (Fsp3) is 0.278. The molecule has 1 amide bonds. The Bertz CT molecular complexity index is 642. The molecule has 0 aliphatic carbocycles. The Hall–Kier alpha value is -2.49. The Morgan fingerprint density at radius 1 is 1.14 bits per heavy atom. The minimum atomic E-state index is -0.604. The second-order valence-electron chi connectivity index (χ2n) is 5.46. The minimum absolute atomic E-state index is 0.0377. The summed E-state index contributed by atoms with van der Waals surface area (Å²) in [6.07, 6.45) is 0.185. The van der Waals surface area contributed by atoms with E-state index in [0.29, 0.717) is 11.5 Å². The van der Waals surface area contributed by atoms with Crippen LogP contribution in [0.15, 0.2) is 54.6 Å². The Morgan fingerprint density at radius 3 is 2.59 bits per heavy atom. The van der Waals surface area contributed by atoms with E-state index in [9.17, 15) is 4.79 Å². The molecule has 1 N–H and O–H groups in total. The van der Waals surface area contributed by atoms with Gasteiger partial charge in [-0.05, 0) is 31.0 Å². The van der Waals surface area contributed by atoms with Crippen LogP contribution in [0.1, 0.15) is 12.5 Å². The molecule has 0 radical (unpaired) electrons. The number of fused-ring (bicyclic) bond motifs is 1. The number of hydrogen-bond donors (Lipinski definition) is 1. The lowest BCUT2D eigenvalue weighted by atomic mass is 10.1. The van der Waals surface area contributed by atoms with E-state index in [1.165, 1.54) is 5.56 Å². The molecule has 0 bridgehead atoms. The predicted octanol–water partition coefficient (Wildman–Crippen LogP) is 2.57. The number of para-hydroxylation sites is 2. The zero-order chi connectivity index (χ0) is 15.4. The third-order valence-electron chi connectivity index (χ3n) is 3.57. The van der Waals surface area contributed by atoms with Crippen molar-refractivity contribution in [1.82, 2.24) is 5.32 Å². The molecule has 4 nitrogen and oxygen atoms in total. The molecular weight excluding hydrogens is 278 g/mol. The van der Waals surface area contributed by atoms with Gasteiger partial charge in [0.15, 0.2) is 11.5 Å². The highest BCUT2D eigenvalue weighted by Crippen LogP contribution is 2.30. The first-order valence-electron chi connectivity index (χ1n) is 7.45. The number of amides is 1. The summed E-state index contributed by atoms with van der Waals surface area (Å²) >= 11 is 0. The van der Waals surface area contributed by atoms with Gasteiger partial charge in [-0.2, -0.15) is 0 Å². The summed E-state index contributed by atoms with van der Waals surface area (Å²) in [7, 11) is 0. The average molecular weight is 297 g/mol. The zero-order valence-corrected chi connectivity index (χ0v) is 12.5. The molecule has 3 rings (SSSR count). The van der Waals surface area contributed by atoms with Crippen LogP contribution in [-0.2, 0) is 11.2 Å². The van der Waals surface area contributed by atoms with Crippen LogP contribution in [0.2, 0.25) is 0 Å². The van der Waals surface area contributed by atoms with Crippen LogP contribution in [0.5, 0.6) is 11.5 Å². The summed E-state index contributed by atoms with van der Waals surface area (Å²) in [5.74, 6) is 1.16. The van der Waals surface area contributed by atoms with Crippen LogP contribution < -0.4 is 14.8 Å². The van der Waals surface area contributed by atoms with Crippen LogP contribution in [0.25, 0.3) is 0 Å². The van der Waals surface area contributed by atoms with Gasteiger partial charge in [-0.15, -0.1) is 0 Å². The minimum Gasteiger partial charge on any atom is -0.485 e. The van der Waals surface area contributed by atoms with Gasteiger partial charge in [-0.1, -0.05) is 42.5 Å². The second-order valence-corrected chi connectivity index (χ2v) is 5.46. The molecule has 4 heteroatoms. The topological polar surface area (TPSA) is 47.6 Å². The molecule has 2 aromatic rings. The largest absolute Gasteiger partial charge is 0.485 e. The van der Waals surface area contributed by atoms with Crippen LogP contribution in [-0.4, -0.2) is 24.7 Å². The highest BCUT2D eigenvalue weighted by molar-refractivity contribution is 5.82.